The Morgan fingerprint density at radius 1 is 1.27 bits per heavy atom. The van der Waals surface area contributed by atoms with Crippen LogP contribution in [0.25, 0.3) is 0 Å². The zero-order chi connectivity index (χ0) is 16.0. The fraction of sp³-hybridized carbons (Fsp3) is 0.579. The van der Waals surface area contributed by atoms with Crippen molar-refractivity contribution in [1.82, 2.24) is 0 Å². The molecule has 1 fully saturated rings. The van der Waals surface area contributed by atoms with Gasteiger partial charge in [-0.3, -0.25) is 9.59 Å². The van der Waals surface area contributed by atoms with Gasteiger partial charge in [0.15, 0.2) is 0 Å². The van der Waals surface area contributed by atoms with Crippen molar-refractivity contribution in [2.75, 3.05) is 6.61 Å². The van der Waals surface area contributed by atoms with Crippen molar-refractivity contribution in [3.8, 4) is 0 Å². The van der Waals surface area contributed by atoms with Crippen molar-refractivity contribution < 1.29 is 14.3 Å². The summed E-state index contributed by atoms with van der Waals surface area (Å²) in [7, 11) is 0. The first-order valence-corrected chi connectivity index (χ1v) is 8.23. The Morgan fingerprint density at radius 2 is 2.00 bits per heavy atom. The van der Waals surface area contributed by atoms with E-state index in [1.54, 1.807) is 6.92 Å². The number of aryl methyl sites for hydroxylation is 1. The number of fused-ring (bicyclic) bond motifs is 3. The summed E-state index contributed by atoms with van der Waals surface area (Å²) >= 11 is 0. The van der Waals surface area contributed by atoms with E-state index < -0.39 is 5.41 Å². The third-order valence-electron chi connectivity index (χ3n) is 5.95. The SMILES string of the molecule is CCOC(=O)[C@@]1(C)C(=O)CC[C@]2(C)c3ccccc3CC[C@H]12. The van der Waals surface area contributed by atoms with Gasteiger partial charge < -0.3 is 4.74 Å². The number of rotatable bonds is 2. The van der Waals surface area contributed by atoms with Gasteiger partial charge in [-0.25, -0.2) is 0 Å². The molecule has 22 heavy (non-hydrogen) atoms. The highest BCUT2D eigenvalue weighted by molar-refractivity contribution is 6.04. The maximum absolute atomic E-state index is 12.6. The van der Waals surface area contributed by atoms with Crippen LogP contribution in [-0.4, -0.2) is 18.4 Å². The molecule has 2 aliphatic carbocycles. The third-order valence-corrected chi connectivity index (χ3v) is 5.95. The fourth-order valence-electron chi connectivity index (χ4n) is 4.70. The van der Waals surface area contributed by atoms with Gasteiger partial charge in [0, 0.05) is 6.42 Å². The van der Waals surface area contributed by atoms with E-state index in [-0.39, 0.29) is 23.1 Å². The molecule has 3 atom stereocenters. The van der Waals surface area contributed by atoms with E-state index in [1.807, 2.05) is 6.92 Å². The van der Waals surface area contributed by atoms with Crippen molar-refractivity contribution in [3.05, 3.63) is 35.4 Å². The molecule has 3 heteroatoms. The van der Waals surface area contributed by atoms with Crippen LogP contribution in [0.4, 0.5) is 0 Å². The van der Waals surface area contributed by atoms with Crippen LogP contribution in [0.5, 0.6) is 0 Å². The molecule has 0 unspecified atom stereocenters. The maximum atomic E-state index is 12.6. The highest BCUT2D eigenvalue weighted by Crippen LogP contribution is 2.56. The van der Waals surface area contributed by atoms with E-state index >= 15 is 0 Å². The van der Waals surface area contributed by atoms with Crippen LogP contribution in [0.2, 0.25) is 0 Å². The van der Waals surface area contributed by atoms with Gasteiger partial charge in [0.25, 0.3) is 0 Å². The zero-order valence-corrected chi connectivity index (χ0v) is 13.6. The number of ether oxygens (including phenoxy) is 1. The first-order valence-electron chi connectivity index (χ1n) is 8.23. The summed E-state index contributed by atoms with van der Waals surface area (Å²) in [4.78, 5) is 25.2. The van der Waals surface area contributed by atoms with Crippen LogP contribution in [0.3, 0.4) is 0 Å². The average Bonchev–Trinajstić information content (AvgIpc) is 2.52. The number of esters is 1. The number of carbonyl (C=O) groups excluding carboxylic acids is 2. The Kier molecular flexibility index (Phi) is 3.62. The molecule has 0 aromatic heterocycles. The molecule has 2 aliphatic rings. The van der Waals surface area contributed by atoms with Crippen molar-refractivity contribution in [2.45, 2.75) is 51.9 Å². The van der Waals surface area contributed by atoms with Gasteiger partial charge in [-0.1, -0.05) is 31.2 Å². The molecule has 3 nitrogen and oxygen atoms in total. The number of benzene rings is 1. The molecule has 0 aliphatic heterocycles. The second kappa shape index (κ2) is 5.22. The van der Waals surface area contributed by atoms with Crippen LogP contribution < -0.4 is 0 Å². The molecule has 0 amide bonds. The molecule has 3 rings (SSSR count). The summed E-state index contributed by atoms with van der Waals surface area (Å²) in [6.45, 7) is 6.15. The summed E-state index contributed by atoms with van der Waals surface area (Å²) < 4.78 is 5.28. The standard InChI is InChI=1S/C19H24O3/c1-4-22-17(21)19(3)15-10-9-13-7-5-6-8-14(13)18(15,2)12-11-16(19)20/h5-8,15H,4,9-12H2,1-3H3/t15-,18+,19+/m0/s1. The lowest BCUT2D eigenvalue weighted by Gasteiger charge is -2.53. The molecule has 0 saturated heterocycles. The van der Waals surface area contributed by atoms with Crippen LogP contribution in [0.15, 0.2) is 24.3 Å². The van der Waals surface area contributed by atoms with Crippen LogP contribution in [-0.2, 0) is 26.2 Å². The zero-order valence-electron chi connectivity index (χ0n) is 13.6. The van der Waals surface area contributed by atoms with E-state index in [1.165, 1.54) is 11.1 Å². The van der Waals surface area contributed by atoms with Crippen molar-refractivity contribution in [1.29, 1.82) is 0 Å². The first kappa shape index (κ1) is 15.3. The summed E-state index contributed by atoms with van der Waals surface area (Å²) in [6, 6.07) is 8.48. The third kappa shape index (κ3) is 1.94. The Balaban J connectivity index is 2.09. The number of ketones is 1. The van der Waals surface area contributed by atoms with E-state index in [9.17, 15) is 9.59 Å². The molecular formula is C19H24O3. The highest BCUT2D eigenvalue weighted by Gasteiger charge is 2.59. The summed E-state index contributed by atoms with van der Waals surface area (Å²) in [5.41, 5.74) is 1.55. The Bertz CT molecular complexity index is 621. The molecule has 0 radical (unpaired) electrons. The van der Waals surface area contributed by atoms with Crippen molar-refractivity contribution in [3.63, 3.8) is 0 Å². The molecule has 0 spiro atoms. The first-order chi connectivity index (χ1) is 10.4. The average molecular weight is 300 g/mol. The number of carbonyl (C=O) groups is 2. The maximum Gasteiger partial charge on any atom is 0.319 e. The van der Waals surface area contributed by atoms with Crippen LogP contribution in [0, 0.1) is 11.3 Å². The normalized spacial score (nSPS) is 33.8. The van der Waals surface area contributed by atoms with E-state index in [2.05, 4.69) is 31.2 Å². The minimum Gasteiger partial charge on any atom is -0.465 e. The van der Waals surface area contributed by atoms with Gasteiger partial charge in [0.05, 0.1) is 6.61 Å². The molecule has 1 aromatic rings. The predicted octanol–water partition coefficient (Wildman–Crippen LogP) is 3.44. The molecule has 0 bridgehead atoms. The van der Waals surface area contributed by atoms with Crippen molar-refractivity contribution in [2.24, 2.45) is 11.3 Å². The van der Waals surface area contributed by atoms with Crippen LogP contribution >= 0.6 is 0 Å². The Morgan fingerprint density at radius 3 is 2.73 bits per heavy atom. The lowest BCUT2D eigenvalue weighted by atomic mass is 9.49. The topological polar surface area (TPSA) is 43.4 Å². The number of Topliss-reactive ketones (excluding diaryl/α,β-unsaturated/α-hetero) is 1. The highest BCUT2D eigenvalue weighted by atomic mass is 16.5. The van der Waals surface area contributed by atoms with Gasteiger partial charge in [0.2, 0.25) is 0 Å². The second-order valence-electron chi connectivity index (χ2n) is 7.01. The minimum atomic E-state index is -1.00. The fourth-order valence-corrected chi connectivity index (χ4v) is 4.70. The molecule has 118 valence electrons. The molecular weight excluding hydrogens is 276 g/mol. The van der Waals surface area contributed by atoms with Gasteiger partial charge in [0.1, 0.15) is 11.2 Å². The van der Waals surface area contributed by atoms with E-state index in [0.29, 0.717) is 13.0 Å². The van der Waals surface area contributed by atoms with Crippen molar-refractivity contribution >= 4 is 11.8 Å². The summed E-state index contributed by atoms with van der Waals surface area (Å²) in [5, 5.41) is 0. The van der Waals surface area contributed by atoms with Gasteiger partial charge >= 0.3 is 5.97 Å². The smallest absolute Gasteiger partial charge is 0.319 e. The van der Waals surface area contributed by atoms with E-state index in [4.69, 9.17) is 4.74 Å². The Hall–Kier alpha value is -1.64. The largest absolute Gasteiger partial charge is 0.465 e. The lowest BCUT2D eigenvalue weighted by molar-refractivity contribution is -0.169. The van der Waals surface area contributed by atoms with Crippen LogP contribution in [0.1, 0.15) is 51.2 Å². The lowest BCUT2D eigenvalue weighted by Crippen LogP contribution is -2.57. The van der Waals surface area contributed by atoms with Gasteiger partial charge in [-0.15, -0.1) is 0 Å². The number of hydrogen-bond acceptors (Lipinski definition) is 3. The second-order valence-corrected chi connectivity index (χ2v) is 7.01. The number of hydrogen-bond donors (Lipinski definition) is 0. The summed E-state index contributed by atoms with van der Waals surface area (Å²) in [5.74, 6) is -0.265. The van der Waals surface area contributed by atoms with E-state index in [0.717, 1.165) is 19.3 Å². The molecule has 0 heterocycles. The monoisotopic (exact) mass is 300 g/mol. The summed E-state index contributed by atoms with van der Waals surface area (Å²) in [6.07, 6.45) is 3.08. The van der Waals surface area contributed by atoms with Gasteiger partial charge in [-0.2, -0.15) is 0 Å². The molecule has 1 aromatic carbocycles. The predicted molar refractivity (Wildman–Crippen MR) is 84.6 cm³/mol. The van der Waals surface area contributed by atoms with Gasteiger partial charge in [-0.05, 0) is 55.6 Å². The Labute approximate surface area is 132 Å². The molecule has 0 N–H and O–H groups in total. The molecule has 1 saturated carbocycles. The quantitative estimate of drug-likeness (QED) is 0.621. The minimum absolute atomic E-state index is 0.0233.